The van der Waals surface area contributed by atoms with Gasteiger partial charge in [0.1, 0.15) is 5.75 Å². The van der Waals surface area contributed by atoms with Crippen molar-refractivity contribution >= 4 is 11.9 Å². The van der Waals surface area contributed by atoms with Gasteiger partial charge in [-0.1, -0.05) is 12.1 Å². The molecule has 0 bridgehead atoms. The molecule has 0 aromatic heterocycles. The van der Waals surface area contributed by atoms with Crippen molar-refractivity contribution in [3.05, 3.63) is 29.8 Å². The highest BCUT2D eigenvalue weighted by molar-refractivity contribution is 5.80. The number of nitrogens with zero attached hydrogens (tertiary/aromatic N) is 1. The number of rotatable bonds is 4. The SMILES string of the molecule is COc1ccc(CC(=O)N2CCC[C@@H](C(=O)O)C2)cc1. The lowest BCUT2D eigenvalue weighted by atomic mass is 9.97. The summed E-state index contributed by atoms with van der Waals surface area (Å²) in [6, 6.07) is 7.35. The number of benzene rings is 1. The number of carbonyl (C=O) groups excluding carboxylic acids is 1. The molecule has 5 heteroatoms. The van der Waals surface area contributed by atoms with Gasteiger partial charge in [0.15, 0.2) is 0 Å². The third-order valence-corrected chi connectivity index (χ3v) is 3.64. The van der Waals surface area contributed by atoms with Crippen LogP contribution in [-0.2, 0) is 16.0 Å². The van der Waals surface area contributed by atoms with Crippen LogP contribution in [0.4, 0.5) is 0 Å². The summed E-state index contributed by atoms with van der Waals surface area (Å²) in [6.07, 6.45) is 1.71. The monoisotopic (exact) mass is 277 g/mol. The third kappa shape index (κ3) is 3.50. The molecule has 1 aliphatic rings. The molecule has 108 valence electrons. The lowest BCUT2D eigenvalue weighted by Gasteiger charge is -2.30. The van der Waals surface area contributed by atoms with Crippen LogP contribution in [-0.4, -0.2) is 42.1 Å². The molecular weight excluding hydrogens is 258 g/mol. The van der Waals surface area contributed by atoms with Crippen LogP contribution in [0.3, 0.4) is 0 Å². The number of piperidine rings is 1. The van der Waals surface area contributed by atoms with Crippen LogP contribution >= 0.6 is 0 Å². The highest BCUT2D eigenvalue weighted by atomic mass is 16.5. The molecule has 5 nitrogen and oxygen atoms in total. The van der Waals surface area contributed by atoms with Gasteiger partial charge in [-0.2, -0.15) is 0 Å². The zero-order chi connectivity index (χ0) is 14.5. The first-order valence-electron chi connectivity index (χ1n) is 6.73. The van der Waals surface area contributed by atoms with Gasteiger partial charge in [0.05, 0.1) is 19.4 Å². The van der Waals surface area contributed by atoms with E-state index >= 15 is 0 Å². The average Bonchev–Trinajstić information content (AvgIpc) is 2.48. The van der Waals surface area contributed by atoms with Crippen molar-refractivity contribution in [2.45, 2.75) is 19.3 Å². The summed E-state index contributed by atoms with van der Waals surface area (Å²) in [7, 11) is 1.60. The smallest absolute Gasteiger partial charge is 0.308 e. The van der Waals surface area contributed by atoms with Crippen LogP contribution in [0.5, 0.6) is 5.75 Å². The number of ether oxygens (including phenoxy) is 1. The Bertz CT molecular complexity index is 483. The maximum Gasteiger partial charge on any atom is 0.308 e. The van der Waals surface area contributed by atoms with E-state index in [2.05, 4.69) is 0 Å². The molecule has 0 saturated carbocycles. The molecule has 1 saturated heterocycles. The van der Waals surface area contributed by atoms with Gasteiger partial charge >= 0.3 is 5.97 Å². The zero-order valence-electron chi connectivity index (χ0n) is 11.5. The Kier molecular flexibility index (Phi) is 4.61. The summed E-state index contributed by atoms with van der Waals surface area (Å²) in [5.74, 6) is -0.498. The van der Waals surface area contributed by atoms with E-state index in [4.69, 9.17) is 9.84 Å². The molecule has 1 N–H and O–H groups in total. The van der Waals surface area contributed by atoms with Crippen molar-refractivity contribution in [2.24, 2.45) is 5.92 Å². The maximum absolute atomic E-state index is 12.2. The molecule has 0 unspecified atom stereocenters. The molecule has 1 aliphatic heterocycles. The van der Waals surface area contributed by atoms with Crippen molar-refractivity contribution < 1.29 is 19.4 Å². The predicted octanol–water partition coefficient (Wildman–Crippen LogP) is 1.56. The summed E-state index contributed by atoms with van der Waals surface area (Å²) in [5.41, 5.74) is 0.910. The molecular formula is C15H19NO4. The molecule has 0 aliphatic carbocycles. The van der Waals surface area contributed by atoms with E-state index in [0.29, 0.717) is 25.9 Å². The molecule has 1 atom stereocenters. The van der Waals surface area contributed by atoms with E-state index in [1.807, 2.05) is 24.3 Å². The molecule has 20 heavy (non-hydrogen) atoms. The minimum absolute atomic E-state index is 0.0129. The quantitative estimate of drug-likeness (QED) is 0.907. The molecule has 1 heterocycles. The van der Waals surface area contributed by atoms with Crippen molar-refractivity contribution in [3.8, 4) is 5.75 Å². The Morgan fingerprint density at radius 1 is 1.35 bits per heavy atom. The number of carboxylic acids is 1. The van der Waals surface area contributed by atoms with Crippen LogP contribution < -0.4 is 4.74 Å². The number of hydrogen-bond acceptors (Lipinski definition) is 3. The Balaban J connectivity index is 1.95. The van der Waals surface area contributed by atoms with Gasteiger partial charge < -0.3 is 14.7 Å². The summed E-state index contributed by atoms with van der Waals surface area (Å²) in [4.78, 5) is 24.9. The normalized spacial score (nSPS) is 18.6. The highest BCUT2D eigenvalue weighted by Gasteiger charge is 2.27. The molecule has 1 fully saturated rings. The fourth-order valence-corrected chi connectivity index (χ4v) is 2.44. The average molecular weight is 277 g/mol. The van der Waals surface area contributed by atoms with E-state index < -0.39 is 11.9 Å². The number of aliphatic carboxylic acids is 1. The van der Waals surface area contributed by atoms with Crippen LogP contribution in [0.15, 0.2) is 24.3 Å². The number of amides is 1. The number of methoxy groups -OCH3 is 1. The van der Waals surface area contributed by atoms with Gasteiger partial charge in [-0.3, -0.25) is 9.59 Å². The summed E-state index contributed by atoms with van der Waals surface area (Å²) in [6.45, 7) is 0.975. The summed E-state index contributed by atoms with van der Waals surface area (Å²) >= 11 is 0. The Hall–Kier alpha value is -2.04. The fraction of sp³-hybridized carbons (Fsp3) is 0.467. The first-order valence-corrected chi connectivity index (χ1v) is 6.73. The first kappa shape index (κ1) is 14.4. The summed E-state index contributed by atoms with van der Waals surface area (Å²) < 4.78 is 5.07. The molecule has 2 rings (SSSR count). The predicted molar refractivity (Wildman–Crippen MR) is 73.6 cm³/mol. The summed E-state index contributed by atoms with van der Waals surface area (Å²) in [5, 5.41) is 9.03. The number of hydrogen-bond donors (Lipinski definition) is 1. The van der Waals surface area contributed by atoms with Crippen LogP contribution in [0, 0.1) is 5.92 Å². The maximum atomic E-state index is 12.2. The van der Waals surface area contributed by atoms with Gasteiger partial charge in [-0.05, 0) is 30.5 Å². The first-order chi connectivity index (χ1) is 9.60. The number of carbonyl (C=O) groups is 2. The van der Waals surface area contributed by atoms with Gasteiger partial charge in [-0.15, -0.1) is 0 Å². The van der Waals surface area contributed by atoms with Crippen LogP contribution in [0.25, 0.3) is 0 Å². The minimum atomic E-state index is -0.813. The molecule has 0 spiro atoms. The molecule has 0 radical (unpaired) electrons. The van der Waals surface area contributed by atoms with Gasteiger partial charge in [-0.25, -0.2) is 0 Å². The molecule has 1 aromatic carbocycles. The topological polar surface area (TPSA) is 66.8 Å². The number of carboxylic acid groups (broad SMARTS) is 1. The second-order valence-electron chi connectivity index (χ2n) is 5.04. The van der Waals surface area contributed by atoms with Crippen molar-refractivity contribution in [1.82, 2.24) is 4.90 Å². The van der Waals surface area contributed by atoms with E-state index in [9.17, 15) is 9.59 Å². The van der Waals surface area contributed by atoms with Gasteiger partial charge in [0.25, 0.3) is 0 Å². The van der Waals surface area contributed by atoms with Crippen molar-refractivity contribution in [3.63, 3.8) is 0 Å². The second-order valence-corrected chi connectivity index (χ2v) is 5.04. The fourth-order valence-electron chi connectivity index (χ4n) is 2.44. The van der Waals surface area contributed by atoms with Gasteiger partial charge in [0.2, 0.25) is 5.91 Å². The standard InChI is InChI=1S/C15H19NO4/c1-20-13-6-4-11(5-7-13)9-14(17)16-8-2-3-12(10-16)15(18)19/h4-7,12H,2-3,8-10H2,1H3,(H,18,19)/t12-/m1/s1. The molecule has 1 aromatic rings. The lowest BCUT2D eigenvalue weighted by molar-refractivity contribution is -0.145. The lowest BCUT2D eigenvalue weighted by Crippen LogP contribution is -2.42. The minimum Gasteiger partial charge on any atom is -0.497 e. The van der Waals surface area contributed by atoms with E-state index in [1.165, 1.54) is 0 Å². The highest BCUT2D eigenvalue weighted by Crippen LogP contribution is 2.18. The largest absolute Gasteiger partial charge is 0.497 e. The van der Waals surface area contributed by atoms with Crippen molar-refractivity contribution in [2.75, 3.05) is 20.2 Å². The zero-order valence-corrected chi connectivity index (χ0v) is 11.5. The van der Waals surface area contributed by atoms with Gasteiger partial charge in [0, 0.05) is 13.1 Å². The van der Waals surface area contributed by atoms with Crippen LogP contribution in [0.2, 0.25) is 0 Å². The Morgan fingerprint density at radius 2 is 2.05 bits per heavy atom. The third-order valence-electron chi connectivity index (χ3n) is 3.64. The second kappa shape index (κ2) is 6.41. The van der Waals surface area contributed by atoms with E-state index in [0.717, 1.165) is 17.7 Å². The number of likely N-dealkylation sites (tertiary alicyclic amines) is 1. The van der Waals surface area contributed by atoms with Crippen molar-refractivity contribution in [1.29, 1.82) is 0 Å². The van der Waals surface area contributed by atoms with E-state index in [-0.39, 0.29) is 5.91 Å². The van der Waals surface area contributed by atoms with E-state index in [1.54, 1.807) is 12.0 Å². The Morgan fingerprint density at radius 3 is 2.65 bits per heavy atom. The van der Waals surface area contributed by atoms with Crippen LogP contribution in [0.1, 0.15) is 18.4 Å². The molecule has 1 amide bonds. The Labute approximate surface area is 118 Å².